The van der Waals surface area contributed by atoms with Gasteiger partial charge in [-0.1, -0.05) is 48.5 Å². The van der Waals surface area contributed by atoms with Crippen molar-refractivity contribution in [2.75, 3.05) is 26.2 Å². The van der Waals surface area contributed by atoms with Crippen molar-refractivity contribution in [3.8, 4) is 0 Å². The maximum absolute atomic E-state index is 13.1. The van der Waals surface area contributed by atoms with E-state index in [4.69, 9.17) is 0 Å². The van der Waals surface area contributed by atoms with Gasteiger partial charge in [0.05, 0.1) is 5.56 Å². The maximum Gasteiger partial charge on any atom is 0.318 e. The minimum atomic E-state index is -0.638. The number of rotatable bonds is 6. The number of benzene rings is 2. The number of aromatic nitrogens is 1. The fourth-order valence-corrected chi connectivity index (χ4v) is 4.36. The summed E-state index contributed by atoms with van der Waals surface area (Å²) in [6.07, 6.45) is 4.16. The molecule has 3 aromatic rings. The molecule has 0 bridgehead atoms. The number of amides is 4. The van der Waals surface area contributed by atoms with E-state index in [-0.39, 0.29) is 23.9 Å². The largest absolute Gasteiger partial charge is 0.360 e. The van der Waals surface area contributed by atoms with E-state index in [1.54, 1.807) is 16.0 Å². The molecular weight excluding hydrogens is 430 g/mol. The van der Waals surface area contributed by atoms with Crippen LogP contribution in [0.5, 0.6) is 0 Å². The lowest BCUT2D eigenvalue weighted by atomic mass is 10.1. The van der Waals surface area contributed by atoms with Crippen LogP contribution in [-0.2, 0) is 11.2 Å². The molecule has 2 fully saturated rings. The van der Waals surface area contributed by atoms with E-state index < -0.39 is 6.04 Å². The number of hydrogen-bond donors (Lipinski definition) is 3. The highest BCUT2D eigenvalue weighted by atomic mass is 16.2. The highest BCUT2D eigenvalue weighted by molar-refractivity contribution is 6.06. The zero-order valence-corrected chi connectivity index (χ0v) is 19.0. The second-order valence-electron chi connectivity index (χ2n) is 9.00. The predicted octanol–water partition coefficient (Wildman–Crippen LogP) is 2.53. The summed E-state index contributed by atoms with van der Waals surface area (Å²) in [7, 11) is 0. The Morgan fingerprint density at radius 1 is 0.912 bits per heavy atom. The fourth-order valence-electron chi connectivity index (χ4n) is 4.36. The van der Waals surface area contributed by atoms with Crippen molar-refractivity contribution in [1.82, 2.24) is 25.4 Å². The molecule has 0 unspecified atom stereocenters. The van der Waals surface area contributed by atoms with Gasteiger partial charge in [0.25, 0.3) is 5.91 Å². The van der Waals surface area contributed by atoms with Gasteiger partial charge in [-0.15, -0.1) is 0 Å². The summed E-state index contributed by atoms with van der Waals surface area (Å²) < 4.78 is 0. The third-order valence-corrected chi connectivity index (χ3v) is 6.49. The van der Waals surface area contributed by atoms with E-state index in [9.17, 15) is 14.4 Å². The van der Waals surface area contributed by atoms with Crippen molar-refractivity contribution in [3.63, 3.8) is 0 Å². The summed E-state index contributed by atoms with van der Waals surface area (Å²) in [5.41, 5.74) is 2.57. The van der Waals surface area contributed by atoms with Crippen LogP contribution in [0.4, 0.5) is 4.79 Å². The van der Waals surface area contributed by atoms with E-state index in [0.29, 0.717) is 38.2 Å². The van der Waals surface area contributed by atoms with Gasteiger partial charge in [0.15, 0.2) is 0 Å². The molecule has 2 heterocycles. The highest BCUT2D eigenvalue weighted by Gasteiger charge is 2.31. The molecule has 1 aliphatic heterocycles. The smallest absolute Gasteiger partial charge is 0.318 e. The number of urea groups is 1. The molecule has 0 spiro atoms. The fraction of sp³-hybridized carbons (Fsp3) is 0.346. The number of nitrogens with zero attached hydrogens (tertiary/aromatic N) is 2. The molecular formula is C26H29N5O3. The van der Waals surface area contributed by atoms with Gasteiger partial charge in [-0.25, -0.2) is 4.79 Å². The first kappa shape index (κ1) is 22.0. The van der Waals surface area contributed by atoms with Crippen molar-refractivity contribution in [2.45, 2.75) is 31.3 Å². The maximum atomic E-state index is 13.1. The zero-order valence-electron chi connectivity index (χ0n) is 19.0. The number of hydrogen-bond acceptors (Lipinski definition) is 3. The normalized spacial score (nSPS) is 16.8. The van der Waals surface area contributed by atoms with E-state index in [1.807, 2.05) is 54.6 Å². The van der Waals surface area contributed by atoms with Crippen LogP contribution in [-0.4, -0.2) is 70.9 Å². The molecule has 34 heavy (non-hydrogen) atoms. The van der Waals surface area contributed by atoms with E-state index in [0.717, 1.165) is 29.3 Å². The Balaban J connectivity index is 1.19. The van der Waals surface area contributed by atoms with Gasteiger partial charge >= 0.3 is 6.03 Å². The summed E-state index contributed by atoms with van der Waals surface area (Å²) >= 11 is 0. The molecule has 1 aromatic heterocycles. The van der Waals surface area contributed by atoms with Gasteiger partial charge in [0.2, 0.25) is 5.91 Å². The van der Waals surface area contributed by atoms with Gasteiger partial charge in [-0.2, -0.15) is 0 Å². The number of carbonyl (C=O) groups is 3. The van der Waals surface area contributed by atoms with Crippen LogP contribution in [0.25, 0.3) is 10.9 Å². The molecule has 0 radical (unpaired) electrons. The Morgan fingerprint density at radius 2 is 1.59 bits per heavy atom. The van der Waals surface area contributed by atoms with Crippen molar-refractivity contribution in [1.29, 1.82) is 0 Å². The van der Waals surface area contributed by atoms with Gasteiger partial charge in [0.1, 0.15) is 6.04 Å². The van der Waals surface area contributed by atoms with Crippen molar-refractivity contribution in [3.05, 3.63) is 71.9 Å². The van der Waals surface area contributed by atoms with Crippen LogP contribution in [0.1, 0.15) is 28.8 Å². The number of H-pyrrole nitrogens is 1. The molecule has 1 saturated carbocycles. The van der Waals surface area contributed by atoms with Crippen molar-refractivity contribution < 1.29 is 14.4 Å². The Labute approximate surface area is 198 Å². The lowest BCUT2D eigenvalue weighted by Gasteiger charge is -2.35. The Hall–Kier alpha value is -3.81. The summed E-state index contributed by atoms with van der Waals surface area (Å²) in [6, 6.07) is 16.7. The van der Waals surface area contributed by atoms with Gasteiger partial charge in [-0.05, 0) is 24.5 Å². The number of para-hydroxylation sites is 1. The second kappa shape index (κ2) is 9.59. The van der Waals surface area contributed by atoms with Gasteiger partial charge in [-0.3, -0.25) is 9.59 Å². The van der Waals surface area contributed by atoms with Crippen LogP contribution < -0.4 is 10.6 Å². The minimum Gasteiger partial charge on any atom is -0.360 e. The average Bonchev–Trinajstić information content (AvgIpc) is 3.58. The van der Waals surface area contributed by atoms with Crippen molar-refractivity contribution in [2.24, 2.45) is 0 Å². The third-order valence-electron chi connectivity index (χ3n) is 6.49. The zero-order chi connectivity index (χ0) is 23.5. The first-order chi connectivity index (χ1) is 16.6. The lowest BCUT2D eigenvalue weighted by Crippen LogP contribution is -2.57. The van der Waals surface area contributed by atoms with Crippen LogP contribution in [0.2, 0.25) is 0 Å². The minimum absolute atomic E-state index is 0.0386. The highest BCUT2D eigenvalue weighted by Crippen LogP contribution is 2.21. The number of piperazine rings is 1. The molecule has 2 aromatic carbocycles. The van der Waals surface area contributed by atoms with E-state index >= 15 is 0 Å². The van der Waals surface area contributed by atoms with E-state index in [2.05, 4.69) is 15.6 Å². The number of fused-ring (bicyclic) bond motifs is 1. The van der Waals surface area contributed by atoms with Gasteiger partial charge < -0.3 is 25.4 Å². The lowest BCUT2D eigenvalue weighted by molar-refractivity contribution is -0.123. The number of aromatic amines is 1. The van der Waals surface area contributed by atoms with Crippen LogP contribution in [0.15, 0.2) is 60.8 Å². The average molecular weight is 460 g/mol. The predicted molar refractivity (Wildman–Crippen MR) is 129 cm³/mol. The SMILES string of the molecule is O=C(NC1CC1)[C@@H](Cc1ccccc1)NC(=O)N1CCN(C(=O)c2c[nH]c3ccccc23)CC1. The van der Waals surface area contributed by atoms with Crippen molar-refractivity contribution >= 4 is 28.7 Å². The summed E-state index contributed by atoms with van der Waals surface area (Å²) in [5, 5.41) is 6.84. The molecule has 5 rings (SSSR count). The summed E-state index contributed by atoms with van der Waals surface area (Å²) in [4.78, 5) is 45.5. The molecule has 2 aliphatic rings. The molecule has 1 aliphatic carbocycles. The Kier molecular flexibility index (Phi) is 6.20. The molecule has 1 saturated heterocycles. The van der Waals surface area contributed by atoms with Crippen LogP contribution in [0, 0.1) is 0 Å². The summed E-state index contributed by atoms with van der Waals surface area (Å²) in [6.45, 7) is 1.73. The molecule has 4 amide bonds. The quantitative estimate of drug-likeness (QED) is 0.528. The third kappa shape index (κ3) is 4.90. The topological polar surface area (TPSA) is 97.5 Å². The molecule has 176 valence electrons. The molecule has 3 N–H and O–H groups in total. The molecule has 8 heteroatoms. The van der Waals surface area contributed by atoms with Gasteiger partial charge in [0, 0.05) is 55.7 Å². The monoisotopic (exact) mass is 459 g/mol. The number of carbonyl (C=O) groups excluding carboxylic acids is 3. The molecule has 8 nitrogen and oxygen atoms in total. The number of nitrogens with one attached hydrogen (secondary N) is 3. The van der Waals surface area contributed by atoms with Crippen LogP contribution >= 0.6 is 0 Å². The van der Waals surface area contributed by atoms with E-state index in [1.165, 1.54) is 0 Å². The first-order valence-electron chi connectivity index (χ1n) is 11.8. The summed E-state index contributed by atoms with van der Waals surface area (Å²) in [5.74, 6) is -0.184. The molecule has 1 atom stereocenters. The Bertz CT molecular complexity index is 1180. The van der Waals surface area contributed by atoms with Crippen LogP contribution in [0.3, 0.4) is 0 Å². The standard InChI is InChI=1S/C26H29N5O3/c32-24(28-19-10-11-19)23(16-18-6-2-1-3-7-18)29-26(34)31-14-12-30(13-15-31)25(33)21-17-27-22-9-5-4-8-20(21)22/h1-9,17,19,23,27H,10-16H2,(H,28,32)(H,29,34)/t23-/m1/s1. The second-order valence-corrected chi connectivity index (χ2v) is 9.00. The Morgan fingerprint density at radius 3 is 2.32 bits per heavy atom. The first-order valence-corrected chi connectivity index (χ1v) is 11.8.